The lowest BCUT2D eigenvalue weighted by molar-refractivity contribution is -0.164. The van der Waals surface area contributed by atoms with Crippen LogP contribution in [0.4, 0.5) is 0 Å². The SMILES string of the molecule is CN1CCN(C)C(C(O)C2CCOC3(CCC3)C2)C1. The topological polar surface area (TPSA) is 35.9 Å². The summed E-state index contributed by atoms with van der Waals surface area (Å²) >= 11 is 0. The molecule has 1 N–H and O–H groups in total. The van der Waals surface area contributed by atoms with Crippen LogP contribution in [0, 0.1) is 5.92 Å². The van der Waals surface area contributed by atoms with Gasteiger partial charge in [0, 0.05) is 32.3 Å². The van der Waals surface area contributed by atoms with E-state index in [0.29, 0.717) is 12.0 Å². The van der Waals surface area contributed by atoms with E-state index in [2.05, 4.69) is 23.9 Å². The molecule has 19 heavy (non-hydrogen) atoms. The third-order valence-electron chi connectivity index (χ3n) is 5.57. The Bertz CT molecular complexity index is 319. The Hall–Kier alpha value is -0.160. The molecular formula is C15H28N2O2. The van der Waals surface area contributed by atoms with Gasteiger partial charge in [0.2, 0.25) is 0 Å². The van der Waals surface area contributed by atoms with Crippen LogP contribution in [-0.4, -0.2) is 73.0 Å². The molecule has 0 aromatic carbocycles. The molecule has 3 atom stereocenters. The third-order valence-corrected chi connectivity index (χ3v) is 5.57. The van der Waals surface area contributed by atoms with E-state index >= 15 is 0 Å². The van der Waals surface area contributed by atoms with Gasteiger partial charge in [0.05, 0.1) is 11.7 Å². The molecule has 1 spiro atoms. The van der Waals surface area contributed by atoms with Crippen molar-refractivity contribution in [2.45, 2.75) is 49.9 Å². The zero-order valence-corrected chi connectivity index (χ0v) is 12.3. The first-order valence-electron chi connectivity index (χ1n) is 7.80. The van der Waals surface area contributed by atoms with Gasteiger partial charge in [-0.15, -0.1) is 0 Å². The Labute approximate surface area is 116 Å². The number of ether oxygens (including phenoxy) is 1. The van der Waals surface area contributed by atoms with Gasteiger partial charge in [-0.05, 0) is 52.1 Å². The fourth-order valence-electron chi connectivity index (χ4n) is 4.00. The maximum absolute atomic E-state index is 10.8. The average molecular weight is 268 g/mol. The van der Waals surface area contributed by atoms with Crippen molar-refractivity contribution >= 4 is 0 Å². The lowest BCUT2D eigenvalue weighted by Gasteiger charge is -2.50. The lowest BCUT2D eigenvalue weighted by atomic mass is 9.70. The Morgan fingerprint density at radius 2 is 2.05 bits per heavy atom. The standard InChI is InChI=1S/C15H28N2O2/c1-16-7-8-17(2)13(11-16)14(18)12-4-9-19-15(10-12)5-3-6-15/h12-14,18H,3-11H2,1-2H3. The Kier molecular flexibility index (Phi) is 3.87. The Morgan fingerprint density at radius 3 is 2.74 bits per heavy atom. The van der Waals surface area contributed by atoms with Crippen molar-refractivity contribution in [2.24, 2.45) is 5.92 Å². The van der Waals surface area contributed by atoms with E-state index in [1.807, 2.05) is 0 Å². The zero-order chi connectivity index (χ0) is 13.5. The first-order valence-corrected chi connectivity index (χ1v) is 7.80. The molecule has 2 saturated heterocycles. The first kappa shape index (κ1) is 13.8. The maximum atomic E-state index is 10.8. The van der Waals surface area contributed by atoms with Crippen LogP contribution in [0.1, 0.15) is 32.1 Å². The van der Waals surface area contributed by atoms with Gasteiger partial charge in [-0.1, -0.05) is 0 Å². The minimum Gasteiger partial charge on any atom is -0.391 e. The van der Waals surface area contributed by atoms with Crippen molar-refractivity contribution in [3.05, 3.63) is 0 Å². The van der Waals surface area contributed by atoms with E-state index in [0.717, 1.165) is 39.1 Å². The number of hydrogen-bond acceptors (Lipinski definition) is 4. The average Bonchev–Trinajstić information content (AvgIpc) is 2.39. The number of piperazine rings is 1. The summed E-state index contributed by atoms with van der Waals surface area (Å²) in [5, 5.41) is 10.8. The van der Waals surface area contributed by atoms with Crippen molar-refractivity contribution in [3.63, 3.8) is 0 Å². The fraction of sp³-hybridized carbons (Fsp3) is 1.00. The van der Waals surface area contributed by atoms with E-state index in [9.17, 15) is 5.11 Å². The summed E-state index contributed by atoms with van der Waals surface area (Å²) in [4.78, 5) is 4.68. The molecule has 3 fully saturated rings. The van der Waals surface area contributed by atoms with E-state index in [-0.39, 0.29) is 11.7 Å². The van der Waals surface area contributed by atoms with Crippen molar-refractivity contribution < 1.29 is 9.84 Å². The molecule has 3 aliphatic rings. The van der Waals surface area contributed by atoms with Crippen LogP contribution < -0.4 is 0 Å². The molecule has 4 nitrogen and oxygen atoms in total. The first-order chi connectivity index (χ1) is 9.10. The van der Waals surface area contributed by atoms with Gasteiger partial charge >= 0.3 is 0 Å². The molecule has 3 rings (SSSR count). The second-order valence-corrected chi connectivity index (χ2v) is 6.94. The van der Waals surface area contributed by atoms with Crippen molar-refractivity contribution in [3.8, 4) is 0 Å². The van der Waals surface area contributed by atoms with E-state index in [1.165, 1.54) is 19.3 Å². The lowest BCUT2D eigenvalue weighted by Crippen LogP contribution is -2.58. The summed E-state index contributed by atoms with van der Waals surface area (Å²) in [5.41, 5.74) is 0.142. The fourth-order valence-corrected chi connectivity index (χ4v) is 4.00. The molecule has 0 bridgehead atoms. The molecule has 0 aromatic heterocycles. The van der Waals surface area contributed by atoms with Gasteiger partial charge in [-0.25, -0.2) is 0 Å². The van der Waals surface area contributed by atoms with Crippen molar-refractivity contribution in [2.75, 3.05) is 40.3 Å². The van der Waals surface area contributed by atoms with Crippen LogP contribution in [-0.2, 0) is 4.74 Å². The molecule has 2 heterocycles. The minimum atomic E-state index is -0.200. The van der Waals surface area contributed by atoms with E-state index in [4.69, 9.17) is 4.74 Å². The Balaban J connectivity index is 1.63. The second-order valence-electron chi connectivity index (χ2n) is 6.94. The molecule has 1 aliphatic carbocycles. The number of likely N-dealkylation sites (N-methyl/N-ethyl adjacent to an activating group) is 2. The quantitative estimate of drug-likeness (QED) is 0.809. The largest absolute Gasteiger partial charge is 0.391 e. The van der Waals surface area contributed by atoms with Crippen molar-refractivity contribution in [1.29, 1.82) is 0 Å². The minimum absolute atomic E-state index is 0.142. The Morgan fingerprint density at radius 1 is 1.26 bits per heavy atom. The number of aliphatic hydroxyl groups excluding tert-OH is 1. The number of aliphatic hydroxyl groups is 1. The highest BCUT2D eigenvalue weighted by Gasteiger charge is 2.46. The van der Waals surface area contributed by atoms with E-state index < -0.39 is 0 Å². The highest BCUT2D eigenvalue weighted by molar-refractivity contribution is 4.98. The summed E-state index contributed by atoms with van der Waals surface area (Å²) in [6.07, 6.45) is 5.61. The highest BCUT2D eigenvalue weighted by atomic mass is 16.5. The highest BCUT2D eigenvalue weighted by Crippen LogP contribution is 2.45. The maximum Gasteiger partial charge on any atom is 0.0737 e. The molecule has 0 radical (unpaired) electrons. The van der Waals surface area contributed by atoms with Gasteiger partial charge in [0.15, 0.2) is 0 Å². The summed E-state index contributed by atoms with van der Waals surface area (Å²) < 4.78 is 5.98. The number of nitrogens with zero attached hydrogens (tertiary/aromatic N) is 2. The summed E-state index contributed by atoms with van der Waals surface area (Å²) in [6, 6.07) is 0.291. The third kappa shape index (κ3) is 2.68. The molecule has 0 amide bonds. The van der Waals surface area contributed by atoms with E-state index in [1.54, 1.807) is 0 Å². The molecular weight excluding hydrogens is 240 g/mol. The summed E-state index contributed by atoms with van der Waals surface area (Å²) in [6.45, 7) is 4.00. The van der Waals surface area contributed by atoms with Crippen LogP contribution in [0.5, 0.6) is 0 Å². The van der Waals surface area contributed by atoms with Gasteiger partial charge in [0.1, 0.15) is 0 Å². The van der Waals surface area contributed by atoms with Gasteiger partial charge < -0.3 is 14.7 Å². The normalized spacial score (nSPS) is 38.1. The predicted octanol–water partition coefficient (Wildman–Crippen LogP) is 0.942. The van der Waals surface area contributed by atoms with Gasteiger partial charge in [0.25, 0.3) is 0 Å². The monoisotopic (exact) mass is 268 g/mol. The van der Waals surface area contributed by atoms with Crippen molar-refractivity contribution in [1.82, 2.24) is 9.80 Å². The predicted molar refractivity (Wildman–Crippen MR) is 75.2 cm³/mol. The summed E-state index contributed by atoms with van der Waals surface area (Å²) in [7, 11) is 4.31. The van der Waals surface area contributed by atoms with Gasteiger partial charge in [-0.2, -0.15) is 0 Å². The molecule has 0 aromatic rings. The number of rotatable bonds is 2. The molecule has 3 unspecified atom stereocenters. The van der Waals surface area contributed by atoms with Crippen LogP contribution in [0.3, 0.4) is 0 Å². The molecule has 4 heteroatoms. The van der Waals surface area contributed by atoms with Crippen LogP contribution in [0.2, 0.25) is 0 Å². The molecule has 2 aliphatic heterocycles. The van der Waals surface area contributed by atoms with Gasteiger partial charge in [-0.3, -0.25) is 4.90 Å². The molecule has 1 saturated carbocycles. The second kappa shape index (κ2) is 5.32. The summed E-state index contributed by atoms with van der Waals surface area (Å²) in [5.74, 6) is 0.424. The van der Waals surface area contributed by atoms with Crippen LogP contribution in [0.15, 0.2) is 0 Å². The molecule has 110 valence electrons. The number of hydrogen-bond donors (Lipinski definition) is 1. The van der Waals surface area contributed by atoms with Crippen LogP contribution in [0.25, 0.3) is 0 Å². The zero-order valence-electron chi connectivity index (χ0n) is 12.3. The van der Waals surface area contributed by atoms with Crippen LogP contribution >= 0.6 is 0 Å². The smallest absolute Gasteiger partial charge is 0.0737 e.